The average Bonchev–Trinajstić information content (AvgIpc) is 3.55. The van der Waals surface area contributed by atoms with Crippen LogP contribution in [0.5, 0.6) is 5.75 Å². The molecule has 6 nitrogen and oxygen atoms in total. The van der Waals surface area contributed by atoms with Gasteiger partial charge in [0.05, 0.1) is 36.4 Å². The molecule has 2 aromatic heterocycles. The Morgan fingerprint density at radius 3 is 2.03 bits per heavy atom. The first-order valence-electron chi connectivity index (χ1n) is 12.8. The number of fused-ring (bicyclic) bond motifs is 1. The first-order chi connectivity index (χ1) is 19.2. The van der Waals surface area contributed by atoms with Crippen LogP contribution in [0.1, 0.15) is 17.3 Å². The normalized spacial score (nSPS) is 11.0. The molecule has 0 atom stereocenters. The lowest BCUT2D eigenvalue weighted by Crippen LogP contribution is -2.05. The molecule has 39 heavy (non-hydrogen) atoms. The summed E-state index contributed by atoms with van der Waals surface area (Å²) in [6, 6.07) is 36.0. The zero-order valence-electron chi connectivity index (χ0n) is 21.7. The van der Waals surface area contributed by atoms with Crippen molar-refractivity contribution in [3.05, 3.63) is 121 Å². The second kappa shape index (κ2) is 10.3. The highest BCUT2D eigenvalue weighted by atomic mass is 16.5. The van der Waals surface area contributed by atoms with Gasteiger partial charge in [-0.05, 0) is 55.5 Å². The van der Waals surface area contributed by atoms with Gasteiger partial charge in [0.2, 0.25) is 5.78 Å². The van der Waals surface area contributed by atoms with Gasteiger partial charge in [-0.1, -0.05) is 60.7 Å². The predicted octanol–water partition coefficient (Wildman–Crippen LogP) is 7.31. The number of hydrogen-bond donors (Lipinski definition) is 0. The molecule has 0 N–H and O–H groups in total. The Hall–Kier alpha value is -5.10. The molecule has 0 saturated carbocycles. The van der Waals surface area contributed by atoms with Crippen molar-refractivity contribution < 1.29 is 14.3 Å². The van der Waals surface area contributed by atoms with Crippen molar-refractivity contribution in [1.82, 2.24) is 14.0 Å². The minimum atomic E-state index is -0.337. The van der Waals surface area contributed by atoms with Gasteiger partial charge in [-0.3, -0.25) is 8.97 Å². The summed E-state index contributed by atoms with van der Waals surface area (Å²) < 4.78 is 14.8. The third-order valence-electron chi connectivity index (χ3n) is 6.70. The minimum absolute atomic E-state index is 0.332. The van der Waals surface area contributed by atoms with Crippen LogP contribution in [0.15, 0.2) is 115 Å². The minimum Gasteiger partial charge on any atom is -0.497 e. The molecule has 0 aliphatic rings. The molecule has 0 fully saturated rings. The summed E-state index contributed by atoms with van der Waals surface area (Å²) in [5, 5.41) is 0. The van der Waals surface area contributed by atoms with Crippen LogP contribution >= 0.6 is 0 Å². The van der Waals surface area contributed by atoms with E-state index in [-0.39, 0.29) is 5.97 Å². The predicted molar refractivity (Wildman–Crippen MR) is 153 cm³/mol. The third kappa shape index (κ3) is 4.46. The highest BCUT2D eigenvalue weighted by Gasteiger charge is 2.23. The van der Waals surface area contributed by atoms with E-state index in [0.29, 0.717) is 12.2 Å². The summed E-state index contributed by atoms with van der Waals surface area (Å²) in [6.45, 7) is 2.13. The molecule has 6 heteroatoms. The van der Waals surface area contributed by atoms with Crippen LogP contribution in [0.25, 0.3) is 45.2 Å². The number of methoxy groups -OCH3 is 1. The Morgan fingerprint density at radius 1 is 0.769 bits per heavy atom. The zero-order valence-corrected chi connectivity index (χ0v) is 21.7. The highest BCUT2D eigenvalue weighted by molar-refractivity contribution is 5.90. The van der Waals surface area contributed by atoms with Crippen LogP contribution in [0, 0.1) is 0 Å². The van der Waals surface area contributed by atoms with E-state index >= 15 is 0 Å². The number of ether oxygens (including phenoxy) is 2. The molecule has 0 radical (unpaired) electrons. The molecular formula is C33H27N3O3. The summed E-state index contributed by atoms with van der Waals surface area (Å²) in [5.74, 6) is 1.22. The molecular weight excluding hydrogens is 486 g/mol. The standard InChI is InChI=1S/C33H27N3O3/c1-3-39-32(37)26-14-18-27(19-15-26)36-29(23-16-20-28(38-2)21-17-23)22-35-31(25-12-8-5-9-13-25)30(34-33(35)36)24-10-6-4-7-11-24/h4-22H,3H2,1-2H3. The molecule has 0 aliphatic heterocycles. The van der Waals surface area contributed by atoms with Gasteiger partial charge >= 0.3 is 5.97 Å². The third-order valence-corrected chi connectivity index (χ3v) is 6.70. The van der Waals surface area contributed by atoms with Crippen LogP contribution in [0.4, 0.5) is 0 Å². The molecule has 0 spiro atoms. The lowest BCUT2D eigenvalue weighted by Gasteiger charge is -2.11. The largest absolute Gasteiger partial charge is 0.497 e. The first-order valence-corrected chi connectivity index (χ1v) is 12.8. The first kappa shape index (κ1) is 24.2. The highest BCUT2D eigenvalue weighted by Crippen LogP contribution is 2.37. The van der Waals surface area contributed by atoms with Gasteiger partial charge in [0.25, 0.3) is 0 Å². The fraction of sp³-hybridized carbons (Fsp3) is 0.0909. The molecule has 0 amide bonds. The van der Waals surface area contributed by atoms with Gasteiger partial charge < -0.3 is 9.47 Å². The lowest BCUT2D eigenvalue weighted by atomic mass is 10.0. The Balaban J connectivity index is 1.62. The maximum Gasteiger partial charge on any atom is 0.338 e. The van der Waals surface area contributed by atoms with Crippen LogP contribution in [-0.4, -0.2) is 33.6 Å². The summed E-state index contributed by atoms with van der Waals surface area (Å²) in [6.07, 6.45) is 2.12. The number of rotatable bonds is 7. The second-order valence-corrected chi connectivity index (χ2v) is 9.06. The van der Waals surface area contributed by atoms with Gasteiger partial charge in [-0.25, -0.2) is 9.78 Å². The SMILES string of the molecule is CCOC(=O)c1ccc(-n2c(-c3ccc(OC)cc3)cn3c(-c4ccccc4)c(-c4ccccc4)nc23)cc1. The smallest absolute Gasteiger partial charge is 0.338 e. The second-order valence-electron chi connectivity index (χ2n) is 9.06. The molecule has 2 heterocycles. The van der Waals surface area contributed by atoms with Crippen LogP contribution in [0.2, 0.25) is 0 Å². The molecule has 0 unspecified atom stereocenters. The van der Waals surface area contributed by atoms with Crippen molar-refractivity contribution in [1.29, 1.82) is 0 Å². The van der Waals surface area contributed by atoms with Crippen LogP contribution in [0.3, 0.4) is 0 Å². The van der Waals surface area contributed by atoms with Crippen molar-refractivity contribution in [3.63, 3.8) is 0 Å². The van der Waals surface area contributed by atoms with E-state index in [1.807, 2.05) is 72.8 Å². The van der Waals surface area contributed by atoms with E-state index in [9.17, 15) is 4.79 Å². The lowest BCUT2D eigenvalue weighted by molar-refractivity contribution is 0.0526. The monoisotopic (exact) mass is 513 g/mol. The molecule has 0 aliphatic carbocycles. The fourth-order valence-corrected chi connectivity index (χ4v) is 4.84. The van der Waals surface area contributed by atoms with Gasteiger partial charge in [0.1, 0.15) is 5.75 Å². The van der Waals surface area contributed by atoms with Gasteiger partial charge in [-0.2, -0.15) is 0 Å². The topological polar surface area (TPSA) is 57.8 Å². The van der Waals surface area contributed by atoms with Crippen molar-refractivity contribution in [2.24, 2.45) is 0 Å². The van der Waals surface area contributed by atoms with Crippen LogP contribution in [-0.2, 0) is 4.74 Å². The number of aromatic nitrogens is 3. The van der Waals surface area contributed by atoms with Crippen molar-refractivity contribution in [2.75, 3.05) is 13.7 Å². The Labute approximate surface area is 226 Å². The maximum atomic E-state index is 12.3. The summed E-state index contributed by atoms with van der Waals surface area (Å²) in [5.41, 5.74) is 7.37. The Morgan fingerprint density at radius 2 is 1.41 bits per heavy atom. The molecule has 4 aromatic carbocycles. The number of imidazole rings is 2. The van der Waals surface area contributed by atoms with E-state index in [1.54, 1.807) is 26.2 Å². The van der Waals surface area contributed by atoms with Crippen molar-refractivity contribution >= 4 is 11.7 Å². The van der Waals surface area contributed by atoms with E-state index in [4.69, 9.17) is 14.5 Å². The number of carbonyl (C=O) groups is 1. The van der Waals surface area contributed by atoms with Crippen molar-refractivity contribution in [3.8, 4) is 45.2 Å². The number of hydrogen-bond acceptors (Lipinski definition) is 4. The molecule has 6 rings (SSSR count). The van der Waals surface area contributed by atoms with Gasteiger partial charge in [-0.15, -0.1) is 0 Å². The summed E-state index contributed by atoms with van der Waals surface area (Å²) >= 11 is 0. The molecule has 0 saturated heterocycles. The van der Waals surface area contributed by atoms with Gasteiger partial charge in [0.15, 0.2) is 0 Å². The van der Waals surface area contributed by atoms with E-state index in [2.05, 4.69) is 39.4 Å². The van der Waals surface area contributed by atoms with Crippen molar-refractivity contribution in [2.45, 2.75) is 6.92 Å². The number of benzene rings is 4. The number of nitrogens with zero attached hydrogens (tertiary/aromatic N) is 3. The number of esters is 1. The Kier molecular flexibility index (Phi) is 6.43. The number of carbonyl (C=O) groups excluding carboxylic acids is 1. The van der Waals surface area contributed by atoms with Gasteiger partial charge in [0, 0.05) is 28.6 Å². The summed E-state index contributed by atoms with van der Waals surface area (Å²) in [7, 11) is 1.66. The molecule has 0 bridgehead atoms. The fourth-order valence-electron chi connectivity index (χ4n) is 4.84. The molecule has 6 aromatic rings. The maximum absolute atomic E-state index is 12.3. The molecule has 192 valence electrons. The zero-order chi connectivity index (χ0) is 26.8. The summed E-state index contributed by atoms with van der Waals surface area (Å²) in [4.78, 5) is 17.5. The van der Waals surface area contributed by atoms with E-state index in [0.717, 1.165) is 51.0 Å². The van der Waals surface area contributed by atoms with E-state index < -0.39 is 0 Å². The van der Waals surface area contributed by atoms with E-state index in [1.165, 1.54) is 0 Å². The Bertz CT molecular complexity index is 1730. The quantitative estimate of drug-likeness (QED) is 0.210. The average molecular weight is 514 g/mol. The van der Waals surface area contributed by atoms with Crippen LogP contribution < -0.4 is 4.74 Å².